The number of ether oxygens (including phenoxy) is 1. The SMILES string of the molecule is CCNC(=O)c1ccc(NC2CN(C(=O)OC(C)(C)C)C2)c(C)c1. The van der Waals surface area contributed by atoms with E-state index in [0.717, 1.165) is 11.3 Å². The molecule has 2 N–H and O–H groups in total. The molecule has 6 nitrogen and oxygen atoms in total. The highest BCUT2D eigenvalue weighted by Crippen LogP contribution is 2.22. The summed E-state index contributed by atoms with van der Waals surface area (Å²) in [5.74, 6) is -0.0631. The number of likely N-dealkylation sites (tertiary alicyclic amines) is 1. The Morgan fingerprint density at radius 2 is 1.96 bits per heavy atom. The van der Waals surface area contributed by atoms with E-state index in [0.29, 0.717) is 25.2 Å². The van der Waals surface area contributed by atoms with Gasteiger partial charge in [0.2, 0.25) is 0 Å². The molecule has 0 aliphatic carbocycles. The summed E-state index contributed by atoms with van der Waals surface area (Å²) >= 11 is 0. The molecule has 1 saturated heterocycles. The molecule has 0 bridgehead atoms. The van der Waals surface area contributed by atoms with Crippen molar-refractivity contribution in [2.75, 3.05) is 25.0 Å². The third-order valence-electron chi connectivity index (χ3n) is 3.72. The summed E-state index contributed by atoms with van der Waals surface area (Å²) in [6.07, 6.45) is -0.274. The fourth-order valence-corrected chi connectivity index (χ4v) is 2.49. The molecular formula is C18H27N3O3. The van der Waals surface area contributed by atoms with Crippen molar-refractivity contribution in [1.29, 1.82) is 0 Å². The fourth-order valence-electron chi connectivity index (χ4n) is 2.49. The molecule has 6 heteroatoms. The molecule has 1 fully saturated rings. The summed E-state index contributed by atoms with van der Waals surface area (Å²) < 4.78 is 5.34. The van der Waals surface area contributed by atoms with Crippen LogP contribution in [0.2, 0.25) is 0 Å². The van der Waals surface area contributed by atoms with E-state index in [4.69, 9.17) is 4.74 Å². The first kappa shape index (κ1) is 18.1. The van der Waals surface area contributed by atoms with Crippen molar-refractivity contribution in [2.45, 2.75) is 46.3 Å². The first-order chi connectivity index (χ1) is 11.2. The second kappa shape index (κ2) is 7.11. The molecule has 132 valence electrons. The van der Waals surface area contributed by atoms with Gasteiger partial charge < -0.3 is 20.3 Å². The van der Waals surface area contributed by atoms with Gasteiger partial charge in [0, 0.05) is 30.9 Å². The highest BCUT2D eigenvalue weighted by Gasteiger charge is 2.33. The molecule has 1 heterocycles. The molecule has 0 unspecified atom stereocenters. The summed E-state index contributed by atoms with van der Waals surface area (Å²) in [5, 5.41) is 6.20. The predicted octanol–water partition coefficient (Wildman–Crippen LogP) is 2.78. The van der Waals surface area contributed by atoms with Gasteiger partial charge in [0.25, 0.3) is 5.91 Å². The Bertz CT molecular complexity index is 616. The molecule has 0 aromatic heterocycles. The van der Waals surface area contributed by atoms with Gasteiger partial charge in [-0.25, -0.2) is 4.79 Å². The van der Waals surface area contributed by atoms with Crippen LogP contribution >= 0.6 is 0 Å². The molecule has 0 radical (unpaired) electrons. The number of benzene rings is 1. The minimum absolute atomic E-state index is 0.0631. The molecule has 0 saturated carbocycles. The summed E-state index contributed by atoms with van der Waals surface area (Å²) in [7, 11) is 0. The van der Waals surface area contributed by atoms with E-state index in [1.165, 1.54) is 0 Å². The Morgan fingerprint density at radius 1 is 1.29 bits per heavy atom. The largest absolute Gasteiger partial charge is 0.444 e. The summed E-state index contributed by atoms with van der Waals surface area (Å²) in [6.45, 7) is 11.3. The van der Waals surface area contributed by atoms with Crippen LogP contribution in [0.15, 0.2) is 18.2 Å². The van der Waals surface area contributed by atoms with Crippen molar-refractivity contribution in [3.05, 3.63) is 29.3 Å². The smallest absolute Gasteiger partial charge is 0.410 e. The Morgan fingerprint density at radius 3 is 2.50 bits per heavy atom. The van der Waals surface area contributed by atoms with Crippen LogP contribution in [-0.4, -0.2) is 48.2 Å². The maximum atomic E-state index is 11.9. The first-order valence-electron chi connectivity index (χ1n) is 8.33. The van der Waals surface area contributed by atoms with Gasteiger partial charge in [-0.05, 0) is 58.4 Å². The number of rotatable bonds is 4. The Balaban J connectivity index is 1.88. The van der Waals surface area contributed by atoms with Gasteiger partial charge in [-0.15, -0.1) is 0 Å². The number of anilines is 1. The molecule has 1 aromatic rings. The van der Waals surface area contributed by atoms with E-state index in [1.54, 1.807) is 4.90 Å². The molecule has 2 rings (SSSR count). The van der Waals surface area contributed by atoms with E-state index in [-0.39, 0.29) is 18.0 Å². The van der Waals surface area contributed by atoms with Gasteiger partial charge in [0.1, 0.15) is 5.60 Å². The first-order valence-corrected chi connectivity index (χ1v) is 8.33. The lowest BCUT2D eigenvalue weighted by molar-refractivity contribution is 0.0105. The highest BCUT2D eigenvalue weighted by atomic mass is 16.6. The molecule has 1 aromatic carbocycles. The predicted molar refractivity (Wildman–Crippen MR) is 94.4 cm³/mol. The van der Waals surface area contributed by atoms with Gasteiger partial charge in [-0.1, -0.05) is 0 Å². The number of hydrogen-bond acceptors (Lipinski definition) is 4. The number of nitrogens with zero attached hydrogens (tertiary/aromatic N) is 1. The normalized spacial score (nSPS) is 14.8. The van der Waals surface area contributed by atoms with Crippen molar-refractivity contribution in [3.8, 4) is 0 Å². The number of hydrogen-bond donors (Lipinski definition) is 2. The van der Waals surface area contributed by atoms with E-state index < -0.39 is 5.60 Å². The van der Waals surface area contributed by atoms with Crippen LogP contribution in [0.1, 0.15) is 43.6 Å². The lowest BCUT2D eigenvalue weighted by Crippen LogP contribution is -2.58. The lowest BCUT2D eigenvalue weighted by atomic mass is 10.1. The summed E-state index contributed by atoms with van der Waals surface area (Å²) in [5.41, 5.74) is 2.18. The molecule has 0 spiro atoms. The number of carbonyl (C=O) groups excluding carboxylic acids is 2. The van der Waals surface area contributed by atoms with E-state index in [9.17, 15) is 9.59 Å². The zero-order valence-corrected chi connectivity index (χ0v) is 15.1. The van der Waals surface area contributed by atoms with Crippen LogP contribution in [0.5, 0.6) is 0 Å². The van der Waals surface area contributed by atoms with Crippen molar-refractivity contribution in [3.63, 3.8) is 0 Å². The van der Waals surface area contributed by atoms with Crippen molar-refractivity contribution in [1.82, 2.24) is 10.2 Å². The minimum atomic E-state index is -0.471. The van der Waals surface area contributed by atoms with Gasteiger partial charge in [-0.2, -0.15) is 0 Å². The van der Waals surface area contributed by atoms with Crippen LogP contribution < -0.4 is 10.6 Å². The summed E-state index contributed by atoms with van der Waals surface area (Å²) in [6, 6.07) is 5.80. The minimum Gasteiger partial charge on any atom is -0.444 e. The maximum Gasteiger partial charge on any atom is 0.410 e. The van der Waals surface area contributed by atoms with Crippen molar-refractivity contribution in [2.24, 2.45) is 0 Å². The van der Waals surface area contributed by atoms with E-state index in [1.807, 2.05) is 52.8 Å². The van der Waals surface area contributed by atoms with Gasteiger partial charge in [0.05, 0.1) is 6.04 Å². The molecule has 1 aliphatic rings. The number of carbonyl (C=O) groups is 2. The highest BCUT2D eigenvalue weighted by molar-refractivity contribution is 5.94. The second-order valence-corrected chi connectivity index (χ2v) is 7.12. The van der Waals surface area contributed by atoms with Crippen LogP contribution in [0.4, 0.5) is 10.5 Å². The lowest BCUT2D eigenvalue weighted by Gasteiger charge is -2.40. The monoisotopic (exact) mass is 333 g/mol. The number of nitrogens with one attached hydrogen (secondary N) is 2. The van der Waals surface area contributed by atoms with Crippen LogP contribution in [-0.2, 0) is 4.74 Å². The van der Waals surface area contributed by atoms with Crippen molar-refractivity contribution >= 4 is 17.7 Å². The molecule has 1 aliphatic heterocycles. The number of aryl methyl sites for hydroxylation is 1. The van der Waals surface area contributed by atoms with Crippen LogP contribution in [0, 0.1) is 6.92 Å². The fraction of sp³-hybridized carbons (Fsp3) is 0.556. The van der Waals surface area contributed by atoms with Crippen molar-refractivity contribution < 1.29 is 14.3 Å². The molecule has 0 atom stereocenters. The third-order valence-corrected chi connectivity index (χ3v) is 3.72. The second-order valence-electron chi connectivity index (χ2n) is 7.12. The van der Waals surface area contributed by atoms with Gasteiger partial charge >= 0.3 is 6.09 Å². The molecule has 2 amide bonds. The average molecular weight is 333 g/mol. The Labute approximate surface area is 143 Å². The number of amides is 2. The quantitative estimate of drug-likeness (QED) is 0.889. The molecule has 24 heavy (non-hydrogen) atoms. The molecular weight excluding hydrogens is 306 g/mol. The summed E-state index contributed by atoms with van der Waals surface area (Å²) in [4.78, 5) is 25.4. The standard InChI is InChI=1S/C18H27N3O3/c1-6-19-16(22)13-7-8-15(12(2)9-13)20-14-10-21(11-14)17(23)24-18(3,4)5/h7-9,14,20H,6,10-11H2,1-5H3,(H,19,22). The zero-order valence-electron chi connectivity index (χ0n) is 15.1. The Kier molecular flexibility index (Phi) is 5.36. The third kappa shape index (κ3) is 4.63. The Hall–Kier alpha value is -2.24. The maximum absolute atomic E-state index is 11.9. The van der Waals surface area contributed by atoms with Crippen LogP contribution in [0.3, 0.4) is 0 Å². The topological polar surface area (TPSA) is 70.7 Å². The van der Waals surface area contributed by atoms with Crippen LogP contribution in [0.25, 0.3) is 0 Å². The average Bonchev–Trinajstić information content (AvgIpc) is 2.41. The van der Waals surface area contributed by atoms with Gasteiger partial charge in [-0.3, -0.25) is 4.79 Å². The zero-order chi connectivity index (χ0) is 17.9. The van der Waals surface area contributed by atoms with Gasteiger partial charge in [0.15, 0.2) is 0 Å². The van der Waals surface area contributed by atoms with E-state index >= 15 is 0 Å². The van der Waals surface area contributed by atoms with E-state index in [2.05, 4.69) is 10.6 Å².